The maximum Gasteiger partial charge on any atom is 0.411 e. The van der Waals surface area contributed by atoms with Crippen molar-refractivity contribution >= 4 is 28.2 Å². The molecular weight excluding hydrogens is 313 g/mol. The zero-order valence-corrected chi connectivity index (χ0v) is 12.7. The summed E-state index contributed by atoms with van der Waals surface area (Å²) >= 11 is 0. The van der Waals surface area contributed by atoms with Crippen molar-refractivity contribution in [3.05, 3.63) is 42.1 Å². The van der Waals surface area contributed by atoms with Gasteiger partial charge in [0.15, 0.2) is 5.82 Å². The number of hydrogen-bond acceptors (Lipinski definition) is 6. The lowest BCUT2D eigenvalue weighted by Crippen LogP contribution is -2.16. The van der Waals surface area contributed by atoms with Gasteiger partial charge in [-0.3, -0.25) is 4.98 Å². The number of primary amides is 1. The van der Waals surface area contributed by atoms with Crippen LogP contribution in [0.3, 0.4) is 0 Å². The van der Waals surface area contributed by atoms with Gasteiger partial charge in [0.25, 0.3) is 0 Å². The van der Waals surface area contributed by atoms with E-state index < -0.39 is 11.9 Å². The summed E-state index contributed by atoms with van der Waals surface area (Å²) in [6.07, 6.45) is 3.33. The smallest absolute Gasteiger partial charge is 0.397 e. The maximum absolute atomic E-state index is 14.7. The molecule has 122 valence electrons. The highest BCUT2D eigenvalue weighted by Crippen LogP contribution is 2.36. The van der Waals surface area contributed by atoms with Crippen LogP contribution in [0.5, 0.6) is 5.88 Å². The SMILES string of the molecule is Cc1c(N)cncc1-c1cc2cc(OC(N)=O)ncc2c(N)c1F. The monoisotopic (exact) mass is 327 g/mol. The molecule has 8 heteroatoms. The summed E-state index contributed by atoms with van der Waals surface area (Å²) in [5, 5.41) is 0.930. The summed E-state index contributed by atoms with van der Waals surface area (Å²) < 4.78 is 19.5. The molecule has 0 unspecified atom stereocenters. The first-order valence-electron chi connectivity index (χ1n) is 6.94. The molecule has 1 amide bonds. The van der Waals surface area contributed by atoms with Gasteiger partial charge in [0.2, 0.25) is 5.88 Å². The maximum atomic E-state index is 14.7. The van der Waals surface area contributed by atoms with Gasteiger partial charge >= 0.3 is 6.09 Å². The first-order chi connectivity index (χ1) is 11.4. The zero-order chi connectivity index (χ0) is 17.4. The highest BCUT2D eigenvalue weighted by atomic mass is 19.1. The fourth-order valence-corrected chi connectivity index (χ4v) is 2.45. The molecule has 3 rings (SSSR count). The number of rotatable bonds is 2. The molecule has 0 saturated heterocycles. The van der Waals surface area contributed by atoms with Crippen LogP contribution in [0.25, 0.3) is 21.9 Å². The van der Waals surface area contributed by atoms with Crippen LogP contribution < -0.4 is 21.9 Å². The third-order valence-corrected chi connectivity index (χ3v) is 3.72. The Morgan fingerprint density at radius 3 is 2.62 bits per heavy atom. The number of aromatic nitrogens is 2. The van der Waals surface area contributed by atoms with Crippen molar-refractivity contribution in [1.82, 2.24) is 9.97 Å². The normalized spacial score (nSPS) is 10.8. The van der Waals surface area contributed by atoms with Crippen LogP contribution in [0.2, 0.25) is 0 Å². The third kappa shape index (κ3) is 2.54. The van der Waals surface area contributed by atoms with E-state index in [1.165, 1.54) is 24.7 Å². The van der Waals surface area contributed by atoms with Crippen LogP contribution in [0.15, 0.2) is 30.7 Å². The van der Waals surface area contributed by atoms with Gasteiger partial charge in [-0.1, -0.05) is 0 Å². The molecular formula is C16H14FN5O2. The number of carbonyl (C=O) groups excluding carboxylic acids is 1. The molecule has 0 atom stereocenters. The fourth-order valence-electron chi connectivity index (χ4n) is 2.45. The van der Waals surface area contributed by atoms with E-state index in [9.17, 15) is 9.18 Å². The summed E-state index contributed by atoms with van der Waals surface area (Å²) in [6, 6.07) is 3.02. The molecule has 0 fully saturated rings. The highest BCUT2D eigenvalue weighted by Gasteiger charge is 2.16. The molecule has 0 aliphatic rings. The van der Waals surface area contributed by atoms with Gasteiger partial charge in [0.1, 0.15) is 0 Å². The number of nitrogens with zero attached hydrogens (tertiary/aromatic N) is 2. The number of pyridine rings is 2. The quantitative estimate of drug-likeness (QED) is 0.619. The Morgan fingerprint density at radius 1 is 1.17 bits per heavy atom. The second-order valence-electron chi connectivity index (χ2n) is 5.22. The Balaban J connectivity index is 2.26. The number of anilines is 2. The Bertz CT molecular complexity index is 974. The summed E-state index contributed by atoms with van der Waals surface area (Å²) in [4.78, 5) is 18.7. The van der Waals surface area contributed by atoms with Crippen LogP contribution in [0.4, 0.5) is 20.6 Å². The average molecular weight is 327 g/mol. The van der Waals surface area contributed by atoms with E-state index in [0.29, 0.717) is 27.6 Å². The number of nitrogens with two attached hydrogens (primary N) is 3. The van der Waals surface area contributed by atoms with Crippen molar-refractivity contribution in [2.45, 2.75) is 6.92 Å². The standard InChI is InChI=1S/C16H14FN5O2/c1-7-10(4-21-6-12(7)18)9-2-8-3-13(24-16(20)23)22-5-11(8)15(19)14(9)17/h2-6H,18-19H2,1H3,(H2,20,23). The van der Waals surface area contributed by atoms with Gasteiger partial charge in [0.05, 0.1) is 17.6 Å². The van der Waals surface area contributed by atoms with Crippen molar-refractivity contribution in [2.24, 2.45) is 5.73 Å². The van der Waals surface area contributed by atoms with Gasteiger partial charge in [-0.25, -0.2) is 14.2 Å². The van der Waals surface area contributed by atoms with E-state index in [0.717, 1.165) is 0 Å². The second-order valence-corrected chi connectivity index (χ2v) is 5.22. The van der Waals surface area contributed by atoms with Crippen LogP contribution in [0.1, 0.15) is 5.56 Å². The minimum absolute atomic E-state index is 0.00520. The van der Waals surface area contributed by atoms with E-state index >= 15 is 0 Å². The zero-order valence-electron chi connectivity index (χ0n) is 12.7. The fraction of sp³-hybridized carbons (Fsp3) is 0.0625. The van der Waals surface area contributed by atoms with E-state index in [1.54, 1.807) is 13.0 Å². The number of benzene rings is 1. The van der Waals surface area contributed by atoms with Crippen molar-refractivity contribution < 1.29 is 13.9 Å². The van der Waals surface area contributed by atoms with Crippen molar-refractivity contribution in [1.29, 1.82) is 0 Å². The van der Waals surface area contributed by atoms with E-state index in [2.05, 4.69) is 9.97 Å². The average Bonchev–Trinajstić information content (AvgIpc) is 2.53. The third-order valence-electron chi connectivity index (χ3n) is 3.72. The van der Waals surface area contributed by atoms with Gasteiger partial charge in [-0.05, 0) is 23.9 Å². The predicted octanol–water partition coefficient (Wildman–Crippen LogP) is 2.37. The number of amides is 1. The van der Waals surface area contributed by atoms with Crippen LogP contribution in [-0.2, 0) is 0 Å². The van der Waals surface area contributed by atoms with Gasteiger partial charge in [-0.15, -0.1) is 0 Å². The predicted molar refractivity (Wildman–Crippen MR) is 88.7 cm³/mol. The van der Waals surface area contributed by atoms with Gasteiger partial charge in [0, 0.05) is 35.0 Å². The molecule has 7 nitrogen and oxygen atoms in total. The van der Waals surface area contributed by atoms with E-state index in [1.807, 2.05) is 0 Å². The van der Waals surface area contributed by atoms with Gasteiger partial charge < -0.3 is 21.9 Å². The Hall–Kier alpha value is -3.42. The molecule has 24 heavy (non-hydrogen) atoms. The largest absolute Gasteiger partial charge is 0.411 e. The Labute approximate surface area is 136 Å². The Morgan fingerprint density at radius 2 is 1.92 bits per heavy atom. The van der Waals surface area contributed by atoms with Crippen molar-refractivity contribution in [3.8, 4) is 17.0 Å². The summed E-state index contributed by atoms with van der Waals surface area (Å²) in [5.74, 6) is -0.599. The minimum Gasteiger partial charge on any atom is -0.397 e. The summed E-state index contributed by atoms with van der Waals surface area (Å²) in [7, 11) is 0. The summed E-state index contributed by atoms with van der Waals surface area (Å²) in [6.45, 7) is 1.76. The molecule has 2 heterocycles. The molecule has 0 bridgehead atoms. The highest BCUT2D eigenvalue weighted by molar-refractivity contribution is 5.97. The van der Waals surface area contributed by atoms with E-state index in [-0.39, 0.29) is 17.1 Å². The molecule has 0 spiro atoms. The second kappa shape index (κ2) is 5.65. The topological polar surface area (TPSA) is 130 Å². The molecule has 0 saturated carbocycles. The number of ether oxygens (including phenoxy) is 1. The number of halogens is 1. The van der Waals surface area contributed by atoms with Crippen molar-refractivity contribution in [3.63, 3.8) is 0 Å². The lowest BCUT2D eigenvalue weighted by molar-refractivity contribution is 0.209. The van der Waals surface area contributed by atoms with Crippen molar-refractivity contribution in [2.75, 3.05) is 11.5 Å². The molecule has 0 aliphatic heterocycles. The lowest BCUT2D eigenvalue weighted by atomic mass is 9.97. The summed E-state index contributed by atoms with van der Waals surface area (Å²) in [5.41, 5.74) is 18.5. The minimum atomic E-state index is -0.993. The Kier molecular flexibility index (Phi) is 3.64. The molecule has 0 aliphatic carbocycles. The first-order valence-corrected chi connectivity index (χ1v) is 6.94. The molecule has 3 aromatic rings. The van der Waals surface area contributed by atoms with Crippen LogP contribution >= 0.6 is 0 Å². The van der Waals surface area contributed by atoms with Gasteiger partial charge in [-0.2, -0.15) is 0 Å². The number of fused-ring (bicyclic) bond motifs is 1. The first kappa shape index (κ1) is 15.5. The van der Waals surface area contributed by atoms with E-state index in [4.69, 9.17) is 21.9 Å². The number of nitrogen functional groups attached to an aromatic ring is 2. The number of hydrogen-bond donors (Lipinski definition) is 3. The molecule has 1 aromatic carbocycles. The number of carbonyl (C=O) groups is 1. The van der Waals surface area contributed by atoms with Crippen LogP contribution in [-0.4, -0.2) is 16.1 Å². The molecule has 6 N–H and O–H groups in total. The molecule has 2 aromatic heterocycles. The molecule has 0 radical (unpaired) electrons. The lowest BCUT2D eigenvalue weighted by Gasteiger charge is -2.13. The van der Waals surface area contributed by atoms with Crippen LogP contribution in [0, 0.1) is 12.7 Å².